The van der Waals surface area contributed by atoms with Gasteiger partial charge in [0.2, 0.25) is 10.0 Å². The number of sulfonamides is 1. The van der Waals surface area contributed by atoms with Gasteiger partial charge in [-0.05, 0) is 29.1 Å². The number of hydrogen-bond donors (Lipinski definition) is 1. The summed E-state index contributed by atoms with van der Waals surface area (Å²) in [6.07, 6.45) is 1.50. The van der Waals surface area contributed by atoms with Crippen molar-refractivity contribution in [1.82, 2.24) is 5.01 Å². The van der Waals surface area contributed by atoms with Gasteiger partial charge in [-0.15, -0.1) is 11.3 Å². The Bertz CT molecular complexity index is 1220. The molecule has 1 atom stereocenters. The fourth-order valence-electron chi connectivity index (χ4n) is 3.38. The molecule has 2 heterocycles. The molecular formula is C21H18ClN3O3S2. The van der Waals surface area contributed by atoms with Crippen LogP contribution < -0.4 is 4.72 Å². The zero-order valence-corrected chi connectivity index (χ0v) is 18.3. The molecule has 4 rings (SSSR count). The maximum Gasteiger partial charge on any atom is 0.284 e. The van der Waals surface area contributed by atoms with Crippen LogP contribution >= 0.6 is 22.9 Å². The first-order chi connectivity index (χ1) is 14.3. The number of hydrogen-bond acceptors (Lipinski definition) is 5. The van der Waals surface area contributed by atoms with E-state index in [2.05, 4.69) is 9.82 Å². The van der Waals surface area contributed by atoms with Crippen molar-refractivity contribution in [3.63, 3.8) is 0 Å². The molecule has 3 aromatic rings. The summed E-state index contributed by atoms with van der Waals surface area (Å²) >= 11 is 7.78. The maximum absolute atomic E-state index is 13.2. The molecule has 1 aliphatic rings. The molecule has 1 aromatic heterocycles. The molecule has 1 unspecified atom stereocenters. The molecule has 30 heavy (non-hydrogen) atoms. The third kappa shape index (κ3) is 4.26. The van der Waals surface area contributed by atoms with E-state index in [1.165, 1.54) is 16.3 Å². The minimum absolute atomic E-state index is 0.224. The van der Waals surface area contributed by atoms with Crippen molar-refractivity contribution in [2.24, 2.45) is 5.10 Å². The first kappa shape index (κ1) is 20.6. The average molecular weight is 460 g/mol. The Kier molecular flexibility index (Phi) is 5.64. The smallest absolute Gasteiger partial charge is 0.283 e. The molecule has 1 aliphatic heterocycles. The molecule has 0 saturated carbocycles. The predicted octanol–water partition coefficient (Wildman–Crippen LogP) is 4.76. The highest BCUT2D eigenvalue weighted by Crippen LogP contribution is 2.38. The summed E-state index contributed by atoms with van der Waals surface area (Å²) in [6.45, 7) is 0. The Balaban J connectivity index is 1.78. The van der Waals surface area contributed by atoms with E-state index in [0.29, 0.717) is 33.3 Å². The maximum atomic E-state index is 13.2. The van der Waals surface area contributed by atoms with Gasteiger partial charge in [-0.25, -0.2) is 13.4 Å². The van der Waals surface area contributed by atoms with Gasteiger partial charge in [0.05, 0.1) is 28.6 Å². The van der Waals surface area contributed by atoms with Gasteiger partial charge >= 0.3 is 0 Å². The van der Waals surface area contributed by atoms with Crippen LogP contribution in [0, 0.1) is 0 Å². The van der Waals surface area contributed by atoms with Gasteiger partial charge in [0.25, 0.3) is 5.91 Å². The minimum atomic E-state index is -3.47. The highest BCUT2D eigenvalue weighted by molar-refractivity contribution is 7.92. The quantitative estimate of drug-likeness (QED) is 0.597. The third-order valence-electron chi connectivity index (χ3n) is 4.65. The topological polar surface area (TPSA) is 78.8 Å². The van der Waals surface area contributed by atoms with Crippen LogP contribution in [0.3, 0.4) is 0 Å². The van der Waals surface area contributed by atoms with Crippen molar-refractivity contribution < 1.29 is 13.2 Å². The normalized spacial score (nSPS) is 16.4. The second-order valence-electron chi connectivity index (χ2n) is 6.83. The van der Waals surface area contributed by atoms with Gasteiger partial charge in [-0.2, -0.15) is 5.10 Å². The first-order valence-corrected chi connectivity index (χ1v) is 12.2. The van der Waals surface area contributed by atoms with E-state index in [0.717, 1.165) is 11.8 Å². The second-order valence-corrected chi connectivity index (χ2v) is 9.94. The van der Waals surface area contributed by atoms with Gasteiger partial charge in [-0.1, -0.05) is 54.1 Å². The lowest BCUT2D eigenvalue weighted by Gasteiger charge is -2.22. The number of carbonyl (C=O) groups excluding carboxylic acids is 1. The first-order valence-electron chi connectivity index (χ1n) is 9.09. The largest absolute Gasteiger partial charge is 0.284 e. The van der Waals surface area contributed by atoms with Gasteiger partial charge in [0.1, 0.15) is 0 Å². The van der Waals surface area contributed by atoms with Crippen LogP contribution in [-0.2, 0) is 10.0 Å². The fourth-order valence-corrected chi connectivity index (χ4v) is 4.88. The molecule has 0 radical (unpaired) electrons. The minimum Gasteiger partial charge on any atom is -0.283 e. The van der Waals surface area contributed by atoms with Gasteiger partial charge < -0.3 is 0 Å². The Morgan fingerprint density at radius 2 is 1.87 bits per heavy atom. The Morgan fingerprint density at radius 3 is 2.57 bits per heavy atom. The van der Waals surface area contributed by atoms with Crippen molar-refractivity contribution in [2.45, 2.75) is 12.5 Å². The molecule has 1 N–H and O–H groups in total. The number of halogens is 1. The Hall–Kier alpha value is -2.68. The molecule has 154 valence electrons. The summed E-state index contributed by atoms with van der Waals surface area (Å²) in [4.78, 5) is 13.7. The summed E-state index contributed by atoms with van der Waals surface area (Å²) in [5.41, 5.74) is 2.44. The number of rotatable bonds is 5. The number of nitrogens with zero attached hydrogens (tertiary/aromatic N) is 2. The SMILES string of the molecule is CS(=O)(=O)Nc1ccccc1C1=NN(C(=O)c2cccs2)C(c2ccccc2Cl)C1. The number of nitrogens with one attached hydrogen (secondary N) is 1. The summed E-state index contributed by atoms with van der Waals surface area (Å²) in [5, 5.41) is 8.45. The van der Waals surface area contributed by atoms with E-state index in [9.17, 15) is 13.2 Å². The number of carbonyl (C=O) groups is 1. The van der Waals surface area contributed by atoms with Crippen LogP contribution in [0.5, 0.6) is 0 Å². The molecule has 9 heteroatoms. The monoisotopic (exact) mass is 459 g/mol. The number of para-hydroxylation sites is 1. The number of thiophene rings is 1. The van der Waals surface area contributed by atoms with Crippen molar-refractivity contribution >= 4 is 50.3 Å². The van der Waals surface area contributed by atoms with Gasteiger partial charge in [-0.3, -0.25) is 9.52 Å². The molecule has 0 saturated heterocycles. The van der Waals surface area contributed by atoms with Crippen molar-refractivity contribution in [3.8, 4) is 0 Å². The molecule has 0 spiro atoms. The Labute approximate surface area is 183 Å². The van der Waals surface area contributed by atoms with Crippen LogP contribution in [0.1, 0.15) is 33.3 Å². The molecule has 0 aliphatic carbocycles. The number of benzene rings is 2. The van der Waals surface area contributed by atoms with Crippen LogP contribution in [0.25, 0.3) is 0 Å². The molecule has 0 fully saturated rings. The van der Waals surface area contributed by atoms with Crippen molar-refractivity contribution in [1.29, 1.82) is 0 Å². The molecular weight excluding hydrogens is 442 g/mol. The Morgan fingerprint density at radius 1 is 1.13 bits per heavy atom. The number of hydrazone groups is 1. The van der Waals surface area contributed by atoms with Gasteiger partial charge in [0, 0.05) is 17.0 Å². The zero-order chi connectivity index (χ0) is 21.3. The molecule has 1 amide bonds. The standard InChI is InChI=1S/C21H18ClN3O3S2/c1-30(27,28)24-17-10-5-3-8-15(17)18-13-19(14-7-2-4-9-16(14)22)25(23-18)21(26)20-11-6-12-29-20/h2-12,19,24H,13H2,1H3. The van der Waals surface area contributed by atoms with Crippen molar-refractivity contribution in [3.05, 3.63) is 87.1 Å². The fraction of sp³-hybridized carbons (Fsp3) is 0.143. The van der Waals surface area contributed by atoms with Crippen molar-refractivity contribution in [2.75, 3.05) is 11.0 Å². The third-order valence-corrected chi connectivity index (χ3v) is 6.44. The summed E-state index contributed by atoms with van der Waals surface area (Å²) in [6, 6.07) is 17.5. The highest BCUT2D eigenvalue weighted by Gasteiger charge is 2.35. The average Bonchev–Trinajstić information content (AvgIpc) is 3.37. The summed E-state index contributed by atoms with van der Waals surface area (Å²) < 4.78 is 26.1. The molecule has 2 aromatic carbocycles. The van der Waals surface area contributed by atoms with E-state index in [1.54, 1.807) is 36.4 Å². The van der Waals surface area contributed by atoms with Crippen LogP contribution in [0.2, 0.25) is 5.02 Å². The van der Waals surface area contributed by atoms with Crippen LogP contribution in [0.4, 0.5) is 5.69 Å². The summed E-state index contributed by atoms with van der Waals surface area (Å²) in [5.74, 6) is -0.224. The highest BCUT2D eigenvalue weighted by atomic mass is 35.5. The van der Waals surface area contributed by atoms with E-state index >= 15 is 0 Å². The zero-order valence-electron chi connectivity index (χ0n) is 15.9. The van der Waals surface area contributed by atoms with E-state index in [-0.39, 0.29) is 5.91 Å². The lowest BCUT2D eigenvalue weighted by molar-refractivity contribution is 0.0716. The summed E-state index contributed by atoms with van der Waals surface area (Å²) in [7, 11) is -3.47. The lowest BCUT2D eigenvalue weighted by Crippen LogP contribution is -2.26. The van der Waals surface area contributed by atoms with E-state index < -0.39 is 16.1 Å². The number of anilines is 1. The van der Waals surface area contributed by atoms with Gasteiger partial charge in [0.15, 0.2) is 0 Å². The predicted molar refractivity (Wildman–Crippen MR) is 121 cm³/mol. The van der Waals surface area contributed by atoms with E-state index in [4.69, 9.17) is 11.6 Å². The second kappa shape index (κ2) is 8.22. The lowest BCUT2D eigenvalue weighted by atomic mass is 9.97. The molecule has 0 bridgehead atoms. The molecule has 6 nitrogen and oxygen atoms in total. The van der Waals surface area contributed by atoms with E-state index in [1.807, 2.05) is 29.6 Å². The van der Waals surface area contributed by atoms with Crippen LogP contribution in [-0.4, -0.2) is 31.3 Å². The number of amides is 1. The van der Waals surface area contributed by atoms with Crippen LogP contribution in [0.15, 0.2) is 71.1 Å².